The standard InChI is InChI=1S/C21H37N/c1-6-11-15-20-18(13-8-3)19(14-9-4)21(22-20,16-10-5)17-12-7-2/h12,17H,6-11,13-16H2,1-5H3/b17-12+. The van der Waals surface area contributed by atoms with Gasteiger partial charge in [0.2, 0.25) is 0 Å². The van der Waals surface area contributed by atoms with E-state index in [0.29, 0.717) is 0 Å². The Morgan fingerprint density at radius 2 is 1.59 bits per heavy atom. The molecule has 0 fully saturated rings. The molecule has 1 aliphatic heterocycles. The maximum absolute atomic E-state index is 5.34. The third-order valence-corrected chi connectivity index (χ3v) is 4.60. The van der Waals surface area contributed by atoms with Crippen molar-refractivity contribution in [1.82, 2.24) is 0 Å². The Hall–Kier alpha value is -0.850. The van der Waals surface area contributed by atoms with Crippen molar-refractivity contribution in [2.24, 2.45) is 4.99 Å². The number of nitrogens with zero attached hydrogens (tertiary/aromatic N) is 1. The van der Waals surface area contributed by atoms with Gasteiger partial charge in [0.05, 0.1) is 0 Å². The van der Waals surface area contributed by atoms with Crippen LogP contribution in [0.2, 0.25) is 0 Å². The van der Waals surface area contributed by atoms with Crippen molar-refractivity contribution in [3.8, 4) is 0 Å². The molecule has 0 amide bonds. The SMILES string of the molecule is CC/C=C/C1(CCC)N=C(CCCC)C(CCC)=C1CCC. The summed E-state index contributed by atoms with van der Waals surface area (Å²) in [7, 11) is 0. The van der Waals surface area contributed by atoms with E-state index in [2.05, 4.69) is 46.8 Å². The minimum absolute atomic E-state index is 0.00561. The van der Waals surface area contributed by atoms with Crippen LogP contribution in [0.3, 0.4) is 0 Å². The lowest BCUT2D eigenvalue weighted by atomic mass is 9.81. The van der Waals surface area contributed by atoms with Gasteiger partial charge < -0.3 is 0 Å². The highest BCUT2D eigenvalue weighted by Crippen LogP contribution is 2.42. The Morgan fingerprint density at radius 3 is 2.14 bits per heavy atom. The summed E-state index contributed by atoms with van der Waals surface area (Å²) in [5.74, 6) is 0. The van der Waals surface area contributed by atoms with E-state index in [4.69, 9.17) is 4.99 Å². The van der Waals surface area contributed by atoms with Crippen molar-refractivity contribution >= 4 is 5.71 Å². The number of unbranched alkanes of at least 4 members (excludes halogenated alkanes) is 1. The van der Waals surface area contributed by atoms with Gasteiger partial charge in [0, 0.05) is 5.71 Å². The lowest BCUT2D eigenvalue weighted by Crippen LogP contribution is -2.24. The molecule has 1 heteroatoms. The van der Waals surface area contributed by atoms with E-state index in [0.717, 1.165) is 6.42 Å². The molecule has 0 radical (unpaired) electrons. The Kier molecular flexibility index (Phi) is 8.75. The molecule has 1 rings (SSSR count). The highest BCUT2D eigenvalue weighted by molar-refractivity contribution is 6.04. The second-order valence-corrected chi connectivity index (χ2v) is 6.60. The van der Waals surface area contributed by atoms with Crippen molar-refractivity contribution in [3.05, 3.63) is 23.3 Å². The zero-order valence-electron chi connectivity index (χ0n) is 15.7. The molecule has 126 valence electrons. The summed E-state index contributed by atoms with van der Waals surface area (Å²) in [6.07, 6.45) is 16.8. The van der Waals surface area contributed by atoms with Gasteiger partial charge in [-0.05, 0) is 49.7 Å². The summed E-state index contributed by atoms with van der Waals surface area (Å²) in [4.78, 5) is 5.34. The topological polar surface area (TPSA) is 12.4 Å². The summed E-state index contributed by atoms with van der Waals surface area (Å²) >= 11 is 0. The monoisotopic (exact) mass is 303 g/mol. The van der Waals surface area contributed by atoms with Crippen LogP contribution >= 0.6 is 0 Å². The minimum atomic E-state index is -0.00561. The quantitative estimate of drug-likeness (QED) is 0.363. The first-order valence-electron chi connectivity index (χ1n) is 9.68. The highest BCUT2D eigenvalue weighted by atomic mass is 14.9. The molecule has 0 aromatic rings. The third kappa shape index (κ3) is 4.57. The van der Waals surface area contributed by atoms with Crippen molar-refractivity contribution < 1.29 is 0 Å². The number of rotatable bonds is 11. The third-order valence-electron chi connectivity index (χ3n) is 4.60. The summed E-state index contributed by atoms with van der Waals surface area (Å²) in [6.45, 7) is 11.4. The molecule has 1 atom stereocenters. The lowest BCUT2D eigenvalue weighted by molar-refractivity contribution is 0.537. The molecule has 0 aromatic heterocycles. The molecule has 0 N–H and O–H groups in total. The van der Waals surface area contributed by atoms with E-state index in [1.165, 1.54) is 63.5 Å². The van der Waals surface area contributed by atoms with Crippen LogP contribution in [0, 0.1) is 0 Å². The molecule has 0 bridgehead atoms. The molecule has 22 heavy (non-hydrogen) atoms. The van der Waals surface area contributed by atoms with E-state index in [1.54, 1.807) is 11.1 Å². The van der Waals surface area contributed by atoms with Gasteiger partial charge in [0.15, 0.2) is 0 Å². The first kappa shape index (κ1) is 19.2. The van der Waals surface area contributed by atoms with E-state index in [9.17, 15) is 0 Å². The van der Waals surface area contributed by atoms with E-state index >= 15 is 0 Å². The number of allylic oxidation sites excluding steroid dienone is 2. The molecule has 0 aromatic carbocycles. The fourth-order valence-corrected chi connectivity index (χ4v) is 3.65. The first-order chi connectivity index (χ1) is 10.7. The van der Waals surface area contributed by atoms with Gasteiger partial charge in [-0.3, -0.25) is 4.99 Å². The van der Waals surface area contributed by atoms with Crippen LogP contribution in [-0.4, -0.2) is 11.3 Å². The van der Waals surface area contributed by atoms with Crippen LogP contribution in [-0.2, 0) is 0 Å². The van der Waals surface area contributed by atoms with E-state index in [1.807, 2.05) is 0 Å². The van der Waals surface area contributed by atoms with E-state index in [-0.39, 0.29) is 5.54 Å². The molecule has 1 heterocycles. The smallest absolute Gasteiger partial charge is 0.101 e. The zero-order chi connectivity index (χ0) is 16.4. The molecule has 1 nitrogen and oxygen atoms in total. The molecule has 1 aliphatic rings. The van der Waals surface area contributed by atoms with Crippen LogP contribution in [0.25, 0.3) is 0 Å². The van der Waals surface area contributed by atoms with Gasteiger partial charge in [-0.15, -0.1) is 0 Å². The van der Waals surface area contributed by atoms with Gasteiger partial charge in [-0.1, -0.05) is 72.5 Å². The summed E-state index contributed by atoms with van der Waals surface area (Å²) < 4.78 is 0. The normalized spacial score (nSPS) is 22.0. The van der Waals surface area contributed by atoms with Crippen molar-refractivity contribution in [3.63, 3.8) is 0 Å². The second kappa shape index (κ2) is 10.0. The molecule has 0 spiro atoms. The lowest BCUT2D eigenvalue weighted by Gasteiger charge is -2.27. The predicted octanol–water partition coefficient (Wildman–Crippen LogP) is 7.03. The zero-order valence-corrected chi connectivity index (χ0v) is 15.7. The van der Waals surface area contributed by atoms with Crippen LogP contribution < -0.4 is 0 Å². The molecule has 1 unspecified atom stereocenters. The maximum atomic E-state index is 5.34. The first-order valence-corrected chi connectivity index (χ1v) is 9.68. The van der Waals surface area contributed by atoms with Gasteiger partial charge in [0.25, 0.3) is 0 Å². The Bertz CT molecular complexity index is 414. The number of hydrogen-bond donors (Lipinski definition) is 0. The molecule has 0 aliphatic carbocycles. The minimum Gasteiger partial charge on any atom is -0.274 e. The molecular formula is C21H37N. The van der Waals surface area contributed by atoms with Crippen molar-refractivity contribution in [2.75, 3.05) is 0 Å². The van der Waals surface area contributed by atoms with Gasteiger partial charge >= 0.3 is 0 Å². The summed E-state index contributed by atoms with van der Waals surface area (Å²) in [5, 5.41) is 0. The Balaban J connectivity index is 3.29. The maximum Gasteiger partial charge on any atom is 0.101 e. The summed E-state index contributed by atoms with van der Waals surface area (Å²) in [6, 6.07) is 0. The van der Waals surface area contributed by atoms with Crippen LogP contribution in [0.1, 0.15) is 98.8 Å². The van der Waals surface area contributed by atoms with Crippen LogP contribution in [0.15, 0.2) is 28.3 Å². The van der Waals surface area contributed by atoms with Crippen molar-refractivity contribution in [2.45, 2.75) is 104 Å². The average Bonchev–Trinajstić information content (AvgIpc) is 2.79. The second-order valence-electron chi connectivity index (χ2n) is 6.60. The van der Waals surface area contributed by atoms with Crippen LogP contribution in [0.5, 0.6) is 0 Å². The summed E-state index contributed by atoms with van der Waals surface area (Å²) in [5.41, 5.74) is 4.69. The van der Waals surface area contributed by atoms with Crippen molar-refractivity contribution in [1.29, 1.82) is 0 Å². The number of hydrogen-bond acceptors (Lipinski definition) is 1. The molecule has 0 saturated heterocycles. The van der Waals surface area contributed by atoms with Crippen LogP contribution in [0.4, 0.5) is 0 Å². The highest BCUT2D eigenvalue weighted by Gasteiger charge is 2.37. The largest absolute Gasteiger partial charge is 0.274 e. The van der Waals surface area contributed by atoms with Gasteiger partial charge in [-0.25, -0.2) is 0 Å². The Morgan fingerprint density at radius 1 is 0.864 bits per heavy atom. The fraction of sp³-hybridized carbons (Fsp3) is 0.762. The fourth-order valence-electron chi connectivity index (χ4n) is 3.65. The molecule has 0 saturated carbocycles. The average molecular weight is 304 g/mol. The predicted molar refractivity (Wildman–Crippen MR) is 101 cm³/mol. The van der Waals surface area contributed by atoms with Gasteiger partial charge in [-0.2, -0.15) is 0 Å². The van der Waals surface area contributed by atoms with E-state index < -0.39 is 0 Å². The number of aliphatic imine (C=N–C) groups is 1. The Labute approximate surface area is 139 Å². The van der Waals surface area contributed by atoms with Gasteiger partial charge in [0.1, 0.15) is 5.54 Å². The molecular weight excluding hydrogens is 266 g/mol.